The van der Waals surface area contributed by atoms with Crippen molar-refractivity contribution in [2.75, 3.05) is 0 Å². The van der Waals surface area contributed by atoms with Crippen molar-refractivity contribution < 1.29 is 13.2 Å². The molecule has 0 saturated heterocycles. The van der Waals surface area contributed by atoms with Crippen LogP contribution in [0, 0.1) is 11.3 Å². The number of rotatable bonds is 0. The van der Waals surface area contributed by atoms with E-state index in [2.05, 4.69) is 16.1 Å². The Labute approximate surface area is 74.5 Å². The molecule has 0 bridgehead atoms. The van der Waals surface area contributed by atoms with Gasteiger partial charge in [0, 0.05) is 6.20 Å². The van der Waals surface area contributed by atoms with Gasteiger partial charge in [0.25, 0.3) is 0 Å². The molecule has 0 aromatic carbocycles. The molecule has 12 heavy (non-hydrogen) atoms. The maximum Gasteiger partial charge on any atom is 0.433 e. The Balaban J connectivity index is 3.32. The third kappa shape index (κ3) is 1.46. The highest BCUT2D eigenvalue weighted by atomic mass is 79.9. The molecule has 64 valence electrons. The van der Waals surface area contributed by atoms with Gasteiger partial charge in [-0.25, -0.2) is 0 Å². The van der Waals surface area contributed by atoms with Crippen LogP contribution < -0.4 is 0 Å². The van der Waals surface area contributed by atoms with Gasteiger partial charge in [0.2, 0.25) is 0 Å². The molecule has 0 aliphatic carbocycles. The molecule has 0 aliphatic rings. The predicted molar refractivity (Wildman–Crippen MR) is 38.5 cm³/mol. The van der Waals surface area contributed by atoms with E-state index in [4.69, 9.17) is 5.26 Å². The minimum absolute atomic E-state index is 0.389. The molecule has 0 amide bonds. The van der Waals surface area contributed by atoms with Crippen molar-refractivity contribution >= 4 is 16.1 Å². The number of nitrogens with zero attached hydrogens (tertiary/aromatic N) is 2. The molecule has 0 radical (unpaired) electrons. The zero-order valence-electron chi connectivity index (χ0n) is 5.56. The van der Waals surface area contributed by atoms with Crippen LogP contribution in [-0.2, 0) is 6.18 Å². The van der Waals surface area contributed by atoms with Crippen LogP contribution in [-0.4, -0.2) is 3.59 Å². The van der Waals surface area contributed by atoms with Crippen LogP contribution in [0.4, 0.5) is 13.2 Å². The number of halogens is 4. The summed E-state index contributed by atoms with van der Waals surface area (Å²) >= 11 is 2.64. The molecule has 1 aromatic rings. The summed E-state index contributed by atoms with van der Waals surface area (Å²) in [5.74, 6) is 0. The van der Waals surface area contributed by atoms with Crippen molar-refractivity contribution in [3.63, 3.8) is 0 Å². The largest absolute Gasteiger partial charge is 0.433 e. The van der Waals surface area contributed by atoms with Gasteiger partial charge in [0.1, 0.15) is 6.07 Å². The molecule has 0 N–H and O–H groups in total. The second-order valence-corrected chi connectivity index (χ2v) is 2.76. The first-order valence-corrected chi connectivity index (χ1v) is 3.52. The number of alkyl halides is 3. The molecule has 0 aliphatic heterocycles. The van der Waals surface area contributed by atoms with E-state index in [0.717, 1.165) is 12.3 Å². The van der Waals surface area contributed by atoms with Gasteiger partial charge in [0.15, 0.2) is 5.69 Å². The topological polar surface area (TPSA) is 28.7 Å². The Bertz CT molecular complexity index is 334. The fraction of sp³-hybridized carbons (Fsp3) is 0.167. The quantitative estimate of drug-likeness (QED) is 0.683. The Morgan fingerprint density at radius 1 is 1.50 bits per heavy atom. The number of hydrogen-bond donors (Lipinski definition) is 0. The zero-order chi connectivity index (χ0) is 9.35. The van der Waals surface area contributed by atoms with Crippen LogP contribution in [0.25, 0.3) is 0 Å². The summed E-state index contributed by atoms with van der Waals surface area (Å²) in [6, 6.07) is 2.55. The highest BCUT2D eigenvalue weighted by Crippen LogP contribution is 2.33. The summed E-state index contributed by atoms with van der Waals surface area (Å²) < 4.78 is 37.1. The van der Waals surface area contributed by atoms with Crippen LogP contribution in [0.2, 0.25) is 0 Å². The second kappa shape index (κ2) is 2.83. The third-order valence-electron chi connectivity index (χ3n) is 1.23. The van der Waals surface area contributed by atoms with E-state index in [9.17, 15) is 13.2 Å². The normalized spacial score (nSPS) is 11.2. The Kier molecular flexibility index (Phi) is 2.15. The lowest BCUT2D eigenvalue weighted by molar-refractivity contribution is -0.141. The molecule has 0 atom stereocenters. The molecule has 0 saturated carbocycles. The first kappa shape index (κ1) is 9.13. The lowest BCUT2D eigenvalue weighted by Gasteiger charge is -2.06. The van der Waals surface area contributed by atoms with E-state index in [1.807, 2.05) is 0 Å². The van der Waals surface area contributed by atoms with Crippen molar-refractivity contribution in [2.24, 2.45) is 0 Å². The summed E-state index contributed by atoms with van der Waals surface area (Å²) in [7, 11) is 0. The van der Waals surface area contributed by atoms with Crippen molar-refractivity contribution in [3.05, 3.63) is 23.5 Å². The fourth-order valence-corrected chi connectivity index (χ4v) is 1.28. The summed E-state index contributed by atoms with van der Waals surface area (Å²) in [4.78, 5) is 0. The molecule has 6 heteroatoms. The van der Waals surface area contributed by atoms with Gasteiger partial charge in [-0.05, 0) is 6.07 Å². The number of nitriles is 1. The lowest BCUT2D eigenvalue weighted by atomic mass is 10.2. The van der Waals surface area contributed by atoms with Gasteiger partial charge < -0.3 is 0 Å². The SMILES string of the molecule is N#Cc1ccn(Br)c1C(F)(F)F. The van der Waals surface area contributed by atoms with E-state index in [1.54, 1.807) is 0 Å². The average molecular weight is 239 g/mol. The summed E-state index contributed by atoms with van der Waals surface area (Å²) in [5, 5.41) is 8.31. The third-order valence-corrected chi connectivity index (χ3v) is 1.82. The van der Waals surface area contributed by atoms with Gasteiger partial charge in [0.05, 0.1) is 21.7 Å². The number of aromatic nitrogens is 1. The first-order valence-electron chi connectivity index (χ1n) is 2.81. The van der Waals surface area contributed by atoms with Crippen molar-refractivity contribution in [1.29, 1.82) is 5.26 Å². The summed E-state index contributed by atoms with van der Waals surface area (Å²) in [5.41, 5.74) is -1.37. The highest BCUT2D eigenvalue weighted by Gasteiger charge is 2.37. The Morgan fingerprint density at radius 3 is 2.42 bits per heavy atom. The molecule has 0 unspecified atom stereocenters. The lowest BCUT2D eigenvalue weighted by Crippen LogP contribution is -2.10. The van der Waals surface area contributed by atoms with Crippen LogP contribution in [0.3, 0.4) is 0 Å². The molecule has 0 spiro atoms. The Hall–Kier alpha value is -0.960. The highest BCUT2D eigenvalue weighted by molar-refractivity contribution is 9.08. The van der Waals surface area contributed by atoms with Crippen molar-refractivity contribution in [3.8, 4) is 6.07 Å². The molecular formula is C6H2BrF3N2. The van der Waals surface area contributed by atoms with E-state index >= 15 is 0 Å². The fourth-order valence-electron chi connectivity index (χ4n) is 0.773. The van der Waals surface area contributed by atoms with E-state index in [-0.39, 0.29) is 5.56 Å². The second-order valence-electron chi connectivity index (χ2n) is 2.00. The first-order chi connectivity index (χ1) is 5.46. The van der Waals surface area contributed by atoms with E-state index < -0.39 is 11.9 Å². The molecule has 1 heterocycles. The van der Waals surface area contributed by atoms with Crippen LogP contribution in [0.5, 0.6) is 0 Å². The molecule has 1 rings (SSSR count). The minimum Gasteiger partial charge on any atom is -0.278 e. The van der Waals surface area contributed by atoms with Crippen molar-refractivity contribution in [2.45, 2.75) is 6.18 Å². The molecule has 1 aromatic heterocycles. The van der Waals surface area contributed by atoms with Gasteiger partial charge >= 0.3 is 6.18 Å². The van der Waals surface area contributed by atoms with Gasteiger partial charge in [-0.2, -0.15) is 18.4 Å². The van der Waals surface area contributed by atoms with E-state index in [0.29, 0.717) is 3.59 Å². The maximum atomic E-state index is 12.1. The van der Waals surface area contributed by atoms with Crippen LogP contribution >= 0.6 is 16.1 Å². The predicted octanol–water partition coefficient (Wildman–Crippen LogP) is 2.54. The number of hydrogen-bond acceptors (Lipinski definition) is 1. The Morgan fingerprint density at radius 2 is 2.08 bits per heavy atom. The van der Waals surface area contributed by atoms with Gasteiger partial charge in [-0.15, -0.1) is 0 Å². The molecule has 0 fully saturated rings. The minimum atomic E-state index is -4.50. The monoisotopic (exact) mass is 238 g/mol. The molecular weight excluding hydrogens is 237 g/mol. The van der Waals surface area contributed by atoms with Crippen LogP contribution in [0.15, 0.2) is 12.3 Å². The summed E-state index contributed by atoms with van der Waals surface area (Å²) in [6.45, 7) is 0. The average Bonchev–Trinajstić information content (AvgIpc) is 2.29. The van der Waals surface area contributed by atoms with Crippen LogP contribution in [0.1, 0.15) is 11.3 Å². The molecule has 2 nitrogen and oxygen atoms in total. The zero-order valence-corrected chi connectivity index (χ0v) is 7.15. The van der Waals surface area contributed by atoms with E-state index in [1.165, 1.54) is 6.07 Å². The van der Waals surface area contributed by atoms with Gasteiger partial charge in [-0.1, -0.05) is 0 Å². The smallest absolute Gasteiger partial charge is 0.278 e. The standard InChI is InChI=1S/C6H2BrF3N2/c7-12-2-1-4(3-11)5(12)6(8,9)10/h1-2H. The maximum absolute atomic E-state index is 12.1. The van der Waals surface area contributed by atoms with Crippen molar-refractivity contribution in [1.82, 2.24) is 3.59 Å². The summed E-state index contributed by atoms with van der Waals surface area (Å²) in [6.07, 6.45) is -3.38. The van der Waals surface area contributed by atoms with Gasteiger partial charge in [-0.3, -0.25) is 3.59 Å².